The third-order valence-electron chi connectivity index (χ3n) is 3.27. The molecule has 0 bridgehead atoms. The predicted octanol–water partition coefficient (Wildman–Crippen LogP) is 4.14. The van der Waals surface area contributed by atoms with Crippen molar-refractivity contribution in [2.75, 3.05) is 17.7 Å². The average Bonchev–Trinajstić information content (AvgIpc) is 2.47. The first kappa shape index (κ1) is 15.2. The zero-order valence-electron chi connectivity index (χ0n) is 12.4. The molecule has 0 fully saturated rings. The number of pyridine rings is 1. The molecule has 0 saturated heterocycles. The molecule has 21 heavy (non-hydrogen) atoms. The average molecular weight is 291 g/mol. The summed E-state index contributed by atoms with van der Waals surface area (Å²) in [6.45, 7) is 4.69. The van der Waals surface area contributed by atoms with Crippen molar-refractivity contribution in [1.29, 1.82) is 0 Å². The molecule has 0 saturated carbocycles. The third kappa shape index (κ3) is 3.68. The van der Waals surface area contributed by atoms with Gasteiger partial charge in [0.15, 0.2) is 23.3 Å². The summed E-state index contributed by atoms with van der Waals surface area (Å²) < 4.78 is 27.0. The fourth-order valence-corrected chi connectivity index (χ4v) is 1.97. The van der Waals surface area contributed by atoms with Crippen LogP contribution in [0.15, 0.2) is 30.3 Å². The van der Waals surface area contributed by atoms with E-state index in [0.717, 1.165) is 11.6 Å². The SMILES string of the molecule is CNc1nc(NCc2ccc(C(C)C)cc2)c(F)cc1F. The van der Waals surface area contributed by atoms with E-state index >= 15 is 0 Å². The lowest BCUT2D eigenvalue weighted by Crippen LogP contribution is -2.07. The van der Waals surface area contributed by atoms with Crippen LogP contribution in [0.4, 0.5) is 20.4 Å². The summed E-state index contributed by atoms with van der Waals surface area (Å²) in [7, 11) is 1.54. The fraction of sp³-hybridized carbons (Fsp3) is 0.312. The van der Waals surface area contributed by atoms with Crippen molar-refractivity contribution in [3.63, 3.8) is 0 Å². The van der Waals surface area contributed by atoms with Crippen molar-refractivity contribution in [3.05, 3.63) is 53.1 Å². The minimum atomic E-state index is -0.707. The fourth-order valence-electron chi connectivity index (χ4n) is 1.97. The molecule has 0 atom stereocenters. The monoisotopic (exact) mass is 291 g/mol. The molecule has 0 spiro atoms. The Kier molecular flexibility index (Phi) is 4.73. The Hall–Kier alpha value is -2.17. The van der Waals surface area contributed by atoms with Crippen molar-refractivity contribution in [2.45, 2.75) is 26.3 Å². The van der Waals surface area contributed by atoms with Crippen LogP contribution in [0.2, 0.25) is 0 Å². The van der Waals surface area contributed by atoms with E-state index in [2.05, 4.69) is 41.6 Å². The summed E-state index contributed by atoms with van der Waals surface area (Å²) in [5, 5.41) is 5.48. The molecule has 5 heteroatoms. The largest absolute Gasteiger partial charge is 0.371 e. The highest BCUT2D eigenvalue weighted by molar-refractivity contribution is 5.47. The second kappa shape index (κ2) is 6.52. The van der Waals surface area contributed by atoms with Gasteiger partial charge in [-0.05, 0) is 17.0 Å². The number of benzene rings is 1. The molecule has 112 valence electrons. The van der Waals surface area contributed by atoms with Gasteiger partial charge in [-0.2, -0.15) is 0 Å². The summed E-state index contributed by atoms with van der Waals surface area (Å²) in [5.74, 6) is -0.878. The first-order valence-corrected chi connectivity index (χ1v) is 6.87. The van der Waals surface area contributed by atoms with Gasteiger partial charge in [0.1, 0.15) is 0 Å². The van der Waals surface area contributed by atoms with Crippen molar-refractivity contribution in [1.82, 2.24) is 4.98 Å². The summed E-state index contributed by atoms with van der Waals surface area (Å²) >= 11 is 0. The standard InChI is InChI=1S/C16H19F2N3/c1-10(2)12-6-4-11(5-7-12)9-20-16-14(18)8-13(17)15(19-3)21-16/h4-8,10H,9H2,1-3H3,(H2,19,20,21). The van der Waals surface area contributed by atoms with E-state index in [9.17, 15) is 8.78 Å². The Morgan fingerprint density at radius 3 is 2.24 bits per heavy atom. The van der Waals surface area contributed by atoms with Crippen LogP contribution in [0.1, 0.15) is 30.9 Å². The molecule has 0 radical (unpaired) electrons. The number of anilines is 2. The number of hydrogen-bond acceptors (Lipinski definition) is 3. The van der Waals surface area contributed by atoms with Crippen LogP contribution in [0.5, 0.6) is 0 Å². The van der Waals surface area contributed by atoms with Crippen LogP contribution in [0.25, 0.3) is 0 Å². The topological polar surface area (TPSA) is 37.0 Å². The third-order valence-corrected chi connectivity index (χ3v) is 3.27. The van der Waals surface area contributed by atoms with Crippen LogP contribution < -0.4 is 10.6 Å². The molecule has 3 nitrogen and oxygen atoms in total. The second-order valence-corrected chi connectivity index (χ2v) is 5.15. The van der Waals surface area contributed by atoms with E-state index in [1.165, 1.54) is 12.6 Å². The van der Waals surface area contributed by atoms with Crippen LogP contribution in [0, 0.1) is 11.6 Å². The van der Waals surface area contributed by atoms with Gasteiger partial charge in [0.05, 0.1) is 0 Å². The van der Waals surface area contributed by atoms with Crippen LogP contribution in [-0.2, 0) is 6.54 Å². The van der Waals surface area contributed by atoms with Crippen LogP contribution in [-0.4, -0.2) is 12.0 Å². The van der Waals surface area contributed by atoms with Gasteiger partial charge in [0.2, 0.25) is 0 Å². The maximum atomic E-state index is 13.6. The van der Waals surface area contributed by atoms with E-state index in [4.69, 9.17) is 0 Å². The molecule has 0 aliphatic carbocycles. The van der Waals surface area contributed by atoms with Gasteiger partial charge in [-0.1, -0.05) is 38.1 Å². The Morgan fingerprint density at radius 1 is 1.05 bits per heavy atom. The number of rotatable bonds is 5. The van der Waals surface area contributed by atoms with Crippen LogP contribution in [0.3, 0.4) is 0 Å². The lowest BCUT2D eigenvalue weighted by molar-refractivity contribution is 0.578. The summed E-state index contributed by atoms with van der Waals surface area (Å²) in [5.41, 5.74) is 2.26. The number of halogens is 2. The normalized spacial score (nSPS) is 10.8. The Balaban J connectivity index is 2.09. The molecule has 1 aromatic heterocycles. The molecular formula is C16H19F2N3. The summed E-state index contributed by atoms with van der Waals surface area (Å²) in [6, 6.07) is 8.90. The molecule has 2 N–H and O–H groups in total. The van der Waals surface area contributed by atoms with Gasteiger partial charge in [0, 0.05) is 19.7 Å². The minimum absolute atomic E-state index is 0.0223. The van der Waals surface area contributed by atoms with E-state index in [0.29, 0.717) is 12.5 Å². The van der Waals surface area contributed by atoms with E-state index in [1.54, 1.807) is 0 Å². The quantitative estimate of drug-likeness (QED) is 0.869. The smallest absolute Gasteiger partial charge is 0.168 e. The Bertz CT molecular complexity index is 610. The molecule has 1 heterocycles. The second-order valence-electron chi connectivity index (χ2n) is 5.15. The minimum Gasteiger partial charge on any atom is -0.371 e. The number of hydrogen-bond donors (Lipinski definition) is 2. The molecule has 0 amide bonds. The van der Waals surface area contributed by atoms with Gasteiger partial charge in [-0.25, -0.2) is 13.8 Å². The first-order valence-electron chi connectivity index (χ1n) is 6.87. The lowest BCUT2D eigenvalue weighted by Gasteiger charge is -2.10. The Morgan fingerprint density at radius 2 is 1.67 bits per heavy atom. The molecule has 0 aliphatic heterocycles. The molecule has 0 aliphatic rings. The van der Waals surface area contributed by atoms with Gasteiger partial charge >= 0.3 is 0 Å². The zero-order valence-corrected chi connectivity index (χ0v) is 12.4. The summed E-state index contributed by atoms with van der Waals surface area (Å²) in [6.07, 6.45) is 0. The Labute approximate surface area is 123 Å². The lowest BCUT2D eigenvalue weighted by atomic mass is 10.0. The van der Waals surface area contributed by atoms with Crippen molar-refractivity contribution < 1.29 is 8.78 Å². The van der Waals surface area contributed by atoms with Gasteiger partial charge in [0.25, 0.3) is 0 Å². The molecule has 1 aromatic carbocycles. The zero-order chi connectivity index (χ0) is 15.4. The van der Waals surface area contributed by atoms with E-state index in [-0.39, 0.29) is 11.6 Å². The first-order chi connectivity index (χ1) is 10.0. The van der Waals surface area contributed by atoms with E-state index in [1.807, 2.05) is 12.1 Å². The molecule has 2 aromatic rings. The maximum Gasteiger partial charge on any atom is 0.168 e. The van der Waals surface area contributed by atoms with Crippen molar-refractivity contribution in [2.24, 2.45) is 0 Å². The molecule has 0 unspecified atom stereocenters. The highest BCUT2D eigenvalue weighted by Gasteiger charge is 2.10. The van der Waals surface area contributed by atoms with Crippen molar-refractivity contribution >= 4 is 11.6 Å². The molecular weight excluding hydrogens is 272 g/mol. The van der Waals surface area contributed by atoms with Crippen LogP contribution >= 0.6 is 0 Å². The number of nitrogens with zero attached hydrogens (tertiary/aromatic N) is 1. The predicted molar refractivity (Wildman–Crippen MR) is 81.6 cm³/mol. The van der Waals surface area contributed by atoms with Gasteiger partial charge in [-0.15, -0.1) is 0 Å². The van der Waals surface area contributed by atoms with Crippen molar-refractivity contribution in [3.8, 4) is 0 Å². The summed E-state index contributed by atoms with van der Waals surface area (Å²) in [4.78, 5) is 3.88. The van der Waals surface area contributed by atoms with Gasteiger partial charge in [-0.3, -0.25) is 0 Å². The van der Waals surface area contributed by atoms with E-state index < -0.39 is 11.6 Å². The maximum absolute atomic E-state index is 13.6. The molecule has 2 rings (SSSR count). The highest BCUT2D eigenvalue weighted by Crippen LogP contribution is 2.20. The van der Waals surface area contributed by atoms with Gasteiger partial charge < -0.3 is 10.6 Å². The highest BCUT2D eigenvalue weighted by atomic mass is 19.1. The number of aromatic nitrogens is 1. The number of nitrogens with one attached hydrogen (secondary N) is 2.